The van der Waals surface area contributed by atoms with Gasteiger partial charge in [-0.3, -0.25) is 0 Å². The summed E-state index contributed by atoms with van der Waals surface area (Å²) in [6, 6.07) is 0.648. The van der Waals surface area contributed by atoms with Gasteiger partial charge in [0.25, 0.3) is 0 Å². The fraction of sp³-hybridized carbons (Fsp3) is 1.00. The van der Waals surface area contributed by atoms with Crippen molar-refractivity contribution in [2.75, 3.05) is 26.2 Å². The van der Waals surface area contributed by atoms with Crippen LogP contribution in [0, 0.1) is 5.92 Å². The van der Waals surface area contributed by atoms with Crippen molar-refractivity contribution in [2.45, 2.75) is 51.2 Å². The van der Waals surface area contributed by atoms with Gasteiger partial charge in [0.05, 0.1) is 6.10 Å². The van der Waals surface area contributed by atoms with Gasteiger partial charge in [0.15, 0.2) is 0 Å². The maximum absolute atomic E-state index is 9.50. The molecule has 0 aromatic carbocycles. The van der Waals surface area contributed by atoms with E-state index in [1.807, 2.05) is 6.92 Å². The Bertz CT molecular complexity index is 208. The zero-order valence-corrected chi connectivity index (χ0v) is 11.7. The fourth-order valence-corrected chi connectivity index (χ4v) is 3.19. The summed E-state index contributed by atoms with van der Waals surface area (Å²) in [5.74, 6) is 0.885. The lowest BCUT2D eigenvalue weighted by Crippen LogP contribution is -2.39. The van der Waals surface area contributed by atoms with E-state index in [4.69, 9.17) is 0 Å². The molecule has 0 bridgehead atoms. The maximum atomic E-state index is 9.50. The molecule has 2 atom stereocenters. The summed E-state index contributed by atoms with van der Waals surface area (Å²) in [5.41, 5.74) is 0. The molecule has 3 nitrogen and oxygen atoms in total. The summed E-state index contributed by atoms with van der Waals surface area (Å²) < 4.78 is 0. The third-order valence-electron chi connectivity index (χ3n) is 4.06. The van der Waals surface area contributed by atoms with Crippen LogP contribution in [0.15, 0.2) is 0 Å². The predicted molar refractivity (Wildman–Crippen MR) is 73.7 cm³/mol. The van der Waals surface area contributed by atoms with E-state index in [0.29, 0.717) is 6.04 Å². The average Bonchev–Trinajstić information content (AvgIpc) is 2.66. The van der Waals surface area contributed by atoms with E-state index < -0.39 is 0 Å². The Hall–Kier alpha value is 0.170. The third-order valence-corrected chi connectivity index (χ3v) is 4.06. The Labute approximate surface area is 111 Å². The molecular formula is C13H27ClN2O. The number of piperidine rings is 1. The summed E-state index contributed by atoms with van der Waals surface area (Å²) in [6.45, 7) is 6.82. The van der Waals surface area contributed by atoms with Crippen LogP contribution in [0.2, 0.25) is 0 Å². The van der Waals surface area contributed by atoms with Crippen LogP contribution in [0.1, 0.15) is 39.0 Å². The Kier molecular flexibility index (Phi) is 6.78. The van der Waals surface area contributed by atoms with Gasteiger partial charge in [-0.25, -0.2) is 0 Å². The van der Waals surface area contributed by atoms with E-state index in [-0.39, 0.29) is 18.5 Å². The summed E-state index contributed by atoms with van der Waals surface area (Å²) in [4.78, 5) is 2.63. The van der Waals surface area contributed by atoms with Gasteiger partial charge in [0.1, 0.15) is 0 Å². The topological polar surface area (TPSA) is 35.5 Å². The van der Waals surface area contributed by atoms with Crippen LogP contribution in [0.25, 0.3) is 0 Å². The van der Waals surface area contributed by atoms with Crippen molar-refractivity contribution in [3.8, 4) is 0 Å². The quantitative estimate of drug-likeness (QED) is 0.809. The van der Waals surface area contributed by atoms with Crippen molar-refractivity contribution >= 4 is 12.4 Å². The molecule has 4 heteroatoms. The minimum atomic E-state index is -0.140. The molecule has 0 amide bonds. The Balaban J connectivity index is 0.00000144. The zero-order valence-electron chi connectivity index (χ0n) is 10.9. The van der Waals surface area contributed by atoms with Crippen molar-refractivity contribution in [3.05, 3.63) is 0 Å². The largest absolute Gasteiger partial charge is 0.393 e. The van der Waals surface area contributed by atoms with Crippen molar-refractivity contribution < 1.29 is 5.11 Å². The summed E-state index contributed by atoms with van der Waals surface area (Å²) in [7, 11) is 0. The van der Waals surface area contributed by atoms with Crippen LogP contribution in [0.3, 0.4) is 0 Å². The lowest BCUT2D eigenvalue weighted by molar-refractivity contribution is 0.120. The van der Waals surface area contributed by atoms with Gasteiger partial charge in [-0.1, -0.05) is 0 Å². The average molecular weight is 263 g/mol. The Morgan fingerprint density at radius 1 is 1.29 bits per heavy atom. The predicted octanol–water partition coefficient (Wildman–Crippen LogP) is 1.64. The van der Waals surface area contributed by atoms with E-state index in [9.17, 15) is 5.11 Å². The minimum absolute atomic E-state index is 0. The first-order valence-corrected chi connectivity index (χ1v) is 6.88. The molecule has 2 unspecified atom stereocenters. The summed E-state index contributed by atoms with van der Waals surface area (Å²) in [5, 5.41) is 12.9. The second-order valence-corrected chi connectivity index (χ2v) is 5.57. The Morgan fingerprint density at radius 2 is 2.00 bits per heavy atom. The number of aliphatic hydroxyl groups excluding tert-OH is 1. The molecule has 102 valence electrons. The maximum Gasteiger partial charge on any atom is 0.0527 e. The molecule has 0 aliphatic carbocycles. The first-order valence-electron chi connectivity index (χ1n) is 6.88. The van der Waals surface area contributed by atoms with E-state index in [1.165, 1.54) is 51.9 Å². The lowest BCUT2D eigenvalue weighted by atomic mass is 9.97. The molecule has 17 heavy (non-hydrogen) atoms. The first-order chi connectivity index (χ1) is 7.75. The normalized spacial score (nSPS) is 28.9. The van der Waals surface area contributed by atoms with Crippen LogP contribution >= 0.6 is 12.4 Å². The van der Waals surface area contributed by atoms with Gasteiger partial charge >= 0.3 is 0 Å². The molecule has 2 aliphatic heterocycles. The van der Waals surface area contributed by atoms with Gasteiger partial charge in [0.2, 0.25) is 0 Å². The highest BCUT2D eigenvalue weighted by Crippen LogP contribution is 2.24. The number of nitrogens with one attached hydrogen (secondary N) is 1. The van der Waals surface area contributed by atoms with Crippen LogP contribution in [-0.2, 0) is 0 Å². The van der Waals surface area contributed by atoms with Gasteiger partial charge in [-0.15, -0.1) is 12.4 Å². The van der Waals surface area contributed by atoms with E-state index >= 15 is 0 Å². The molecule has 2 saturated heterocycles. The van der Waals surface area contributed by atoms with E-state index in [2.05, 4.69) is 10.2 Å². The SMILES string of the molecule is CC(O)CC1CCCN1CC1CCNCC1.Cl. The van der Waals surface area contributed by atoms with Crippen LogP contribution in [-0.4, -0.2) is 48.3 Å². The second-order valence-electron chi connectivity index (χ2n) is 5.57. The van der Waals surface area contributed by atoms with Crippen molar-refractivity contribution in [1.82, 2.24) is 10.2 Å². The molecule has 2 fully saturated rings. The number of rotatable bonds is 4. The van der Waals surface area contributed by atoms with E-state index in [0.717, 1.165) is 12.3 Å². The standard InChI is InChI=1S/C13H26N2O.ClH/c1-11(16)9-13-3-2-8-15(13)10-12-4-6-14-7-5-12;/h11-14,16H,2-10H2,1H3;1H. The van der Waals surface area contributed by atoms with E-state index in [1.54, 1.807) is 0 Å². The van der Waals surface area contributed by atoms with Gasteiger partial charge in [0, 0.05) is 12.6 Å². The van der Waals surface area contributed by atoms with Gasteiger partial charge in [-0.05, 0) is 64.6 Å². The van der Waals surface area contributed by atoms with Gasteiger partial charge in [-0.2, -0.15) is 0 Å². The number of halogens is 1. The van der Waals surface area contributed by atoms with Gasteiger partial charge < -0.3 is 15.3 Å². The van der Waals surface area contributed by atoms with Crippen LogP contribution in [0.5, 0.6) is 0 Å². The lowest BCUT2D eigenvalue weighted by Gasteiger charge is -2.31. The number of hydrogen-bond donors (Lipinski definition) is 2. The molecule has 2 N–H and O–H groups in total. The fourth-order valence-electron chi connectivity index (χ4n) is 3.19. The summed E-state index contributed by atoms with van der Waals surface area (Å²) in [6.07, 6.45) is 6.09. The highest BCUT2D eigenvalue weighted by molar-refractivity contribution is 5.85. The highest BCUT2D eigenvalue weighted by atomic mass is 35.5. The molecule has 0 aromatic heterocycles. The molecule has 2 rings (SSSR count). The smallest absolute Gasteiger partial charge is 0.0527 e. The summed E-state index contributed by atoms with van der Waals surface area (Å²) >= 11 is 0. The second kappa shape index (κ2) is 7.57. The molecule has 0 radical (unpaired) electrons. The molecule has 2 heterocycles. The van der Waals surface area contributed by atoms with Crippen molar-refractivity contribution in [1.29, 1.82) is 0 Å². The monoisotopic (exact) mass is 262 g/mol. The number of aliphatic hydroxyl groups is 1. The Morgan fingerprint density at radius 3 is 2.65 bits per heavy atom. The number of hydrogen-bond acceptors (Lipinski definition) is 3. The van der Waals surface area contributed by atoms with Crippen molar-refractivity contribution in [3.63, 3.8) is 0 Å². The zero-order chi connectivity index (χ0) is 11.4. The third kappa shape index (κ3) is 4.74. The van der Waals surface area contributed by atoms with Crippen LogP contribution in [0.4, 0.5) is 0 Å². The number of nitrogens with zero attached hydrogens (tertiary/aromatic N) is 1. The molecule has 2 aliphatic rings. The van der Waals surface area contributed by atoms with Crippen LogP contribution < -0.4 is 5.32 Å². The van der Waals surface area contributed by atoms with Crippen molar-refractivity contribution in [2.24, 2.45) is 5.92 Å². The first kappa shape index (κ1) is 15.2. The molecule has 0 spiro atoms. The minimum Gasteiger partial charge on any atom is -0.393 e. The number of likely N-dealkylation sites (tertiary alicyclic amines) is 1. The molecule has 0 saturated carbocycles. The highest BCUT2D eigenvalue weighted by Gasteiger charge is 2.27. The molecular weight excluding hydrogens is 236 g/mol. The molecule has 0 aromatic rings.